The molecule has 194 valence electrons. The maximum Gasteiger partial charge on any atom is 0.224 e. The van der Waals surface area contributed by atoms with Gasteiger partial charge in [-0.05, 0) is 74.1 Å². The second-order valence-electron chi connectivity index (χ2n) is 9.42. The molecular formula is C31H37N3O3. The van der Waals surface area contributed by atoms with E-state index < -0.39 is 0 Å². The van der Waals surface area contributed by atoms with Gasteiger partial charge in [0.25, 0.3) is 0 Å². The largest absolute Gasteiger partial charge is 0.497 e. The van der Waals surface area contributed by atoms with Gasteiger partial charge in [0.2, 0.25) is 5.91 Å². The van der Waals surface area contributed by atoms with Gasteiger partial charge in [-0.25, -0.2) is 4.98 Å². The second-order valence-corrected chi connectivity index (χ2v) is 9.42. The molecule has 37 heavy (non-hydrogen) atoms. The Morgan fingerprint density at radius 3 is 2.43 bits per heavy atom. The third-order valence-corrected chi connectivity index (χ3v) is 6.59. The van der Waals surface area contributed by atoms with Crippen molar-refractivity contribution in [2.75, 3.05) is 20.3 Å². The van der Waals surface area contributed by atoms with Crippen molar-refractivity contribution in [1.29, 1.82) is 0 Å². The molecule has 4 rings (SSSR count). The molecule has 1 heterocycles. The third kappa shape index (κ3) is 7.13. The van der Waals surface area contributed by atoms with Crippen LogP contribution in [-0.2, 0) is 24.2 Å². The Hall–Kier alpha value is -3.80. The molecular weight excluding hydrogens is 462 g/mol. The Bertz CT molecular complexity index is 1290. The van der Waals surface area contributed by atoms with Gasteiger partial charge in [-0.1, -0.05) is 42.5 Å². The molecule has 0 fully saturated rings. The maximum atomic E-state index is 12.4. The molecule has 4 aromatic rings. The van der Waals surface area contributed by atoms with E-state index in [9.17, 15) is 4.79 Å². The van der Waals surface area contributed by atoms with Crippen molar-refractivity contribution in [3.8, 4) is 11.5 Å². The van der Waals surface area contributed by atoms with E-state index in [0.717, 1.165) is 66.1 Å². The van der Waals surface area contributed by atoms with E-state index in [1.807, 2.05) is 30.3 Å². The number of carbonyl (C=O) groups is 1. The fourth-order valence-corrected chi connectivity index (χ4v) is 4.60. The lowest BCUT2D eigenvalue weighted by Crippen LogP contribution is -2.26. The van der Waals surface area contributed by atoms with Gasteiger partial charge in [0.05, 0.1) is 31.2 Å². The lowest BCUT2D eigenvalue weighted by Gasteiger charge is -2.13. The number of benzene rings is 3. The predicted octanol–water partition coefficient (Wildman–Crippen LogP) is 5.81. The monoisotopic (exact) mass is 499 g/mol. The van der Waals surface area contributed by atoms with Gasteiger partial charge in [-0.3, -0.25) is 4.79 Å². The molecule has 0 unspecified atom stereocenters. The number of nitrogens with one attached hydrogen (secondary N) is 1. The molecule has 1 amide bonds. The van der Waals surface area contributed by atoms with E-state index in [2.05, 4.69) is 60.1 Å². The molecule has 0 bridgehead atoms. The van der Waals surface area contributed by atoms with E-state index in [4.69, 9.17) is 14.5 Å². The minimum Gasteiger partial charge on any atom is -0.497 e. The summed E-state index contributed by atoms with van der Waals surface area (Å²) in [6.45, 7) is 6.41. The van der Waals surface area contributed by atoms with Crippen LogP contribution in [0.4, 0.5) is 0 Å². The Kier molecular flexibility index (Phi) is 9.19. The van der Waals surface area contributed by atoms with Crippen molar-refractivity contribution in [2.24, 2.45) is 0 Å². The maximum absolute atomic E-state index is 12.4. The number of hydrogen-bond acceptors (Lipinski definition) is 4. The summed E-state index contributed by atoms with van der Waals surface area (Å²) in [5, 5.41) is 3.04. The highest BCUT2D eigenvalue weighted by Gasteiger charge is 2.11. The number of amides is 1. The molecule has 6 heteroatoms. The van der Waals surface area contributed by atoms with Crippen LogP contribution < -0.4 is 14.8 Å². The van der Waals surface area contributed by atoms with Gasteiger partial charge in [0, 0.05) is 19.5 Å². The summed E-state index contributed by atoms with van der Waals surface area (Å²) in [5.74, 6) is 2.90. The molecule has 0 saturated heterocycles. The Morgan fingerprint density at radius 2 is 1.68 bits per heavy atom. The predicted molar refractivity (Wildman–Crippen MR) is 148 cm³/mol. The van der Waals surface area contributed by atoms with Gasteiger partial charge in [-0.2, -0.15) is 0 Å². The normalized spacial score (nSPS) is 11.0. The molecule has 0 atom stereocenters. The number of nitrogens with zero attached hydrogens (tertiary/aromatic N) is 2. The number of imidazole rings is 1. The zero-order chi connectivity index (χ0) is 26.0. The van der Waals surface area contributed by atoms with Crippen molar-refractivity contribution < 1.29 is 14.3 Å². The van der Waals surface area contributed by atoms with Crippen molar-refractivity contribution >= 4 is 16.9 Å². The van der Waals surface area contributed by atoms with Crippen LogP contribution in [0, 0.1) is 13.8 Å². The van der Waals surface area contributed by atoms with Crippen molar-refractivity contribution in [1.82, 2.24) is 14.9 Å². The van der Waals surface area contributed by atoms with Crippen molar-refractivity contribution in [2.45, 2.75) is 52.5 Å². The fourth-order valence-electron chi connectivity index (χ4n) is 4.60. The van der Waals surface area contributed by atoms with Crippen LogP contribution in [0.3, 0.4) is 0 Å². The van der Waals surface area contributed by atoms with Crippen LogP contribution in [0.15, 0.2) is 66.7 Å². The fraction of sp³-hybridized carbons (Fsp3) is 0.355. The number of aromatic nitrogens is 2. The first-order valence-corrected chi connectivity index (χ1v) is 13.1. The van der Waals surface area contributed by atoms with Crippen LogP contribution in [0.25, 0.3) is 11.0 Å². The summed E-state index contributed by atoms with van der Waals surface area (Å²) in [4.78, 5) is 17.2. The number of ether oxygens (including phenoxy) is 2. The first-order valence-electron chi connectivity index (χ1n) is 13.1. The zero-order valence-electron chi connectivity index (χ0n) is 22.1. The van der Waals surface area contributed by atoms with Crippen LogP contribution >= 0.6 is 0 Å². The highest BCUT2D eigenvalue weighted by Crippen LogP contribution is 2.23. The Morgan fingerprint density at radius 1 is 0.919 bits per heavy atom. The SMILES string of the molecule is COc1ccc(CC(=O)NCCCc2nc3ccccc3n2CCCCOc2c(C)cccc2C)cc1. The summed E-state index contributed by atoms with van der Waals surface area (Å²) in [6, 6.07) is 22.1. The number of unbranched alkanes of at least 4 members (excludes halogenated alkanes) is 1. The summed E-state index contributed by atoms with van der Waals surface area (Å²) in [7, 11) is 1.64. The molecule has 0 aliphatic rings. The van der Waals surface area contributed by atoms with Crippen LogP contribution in [0.1, 0.15) is 41.8 Å². The van der Waals surface area contributed by atoms with Crippen molar-refractivity contribution in [3.63, 3.8) is 0 Å². The van der Waals surface area contributed by atoms with Gasteiger partial charge in [0.1, 0.15) is 17.3 Å². The first kappa shape index (κ1) is 26.3. The molecule has 0 radical (unpaired) electrons. The van der Waals surface area contributed by atoms with Crippen LogP contribution in [0.2, 0.25) is 0 Å². The second kappa shape index (κ2) is 12.9. The molecule has 3 aromatic carbocycles. The molecule has 1 N–H and O–H groups in total. The number of para-hydroxylation sites is 3. The lowest BCUT2D eigenvalue weighted by atomic mass is 10.1. The highest BCUT2D eigenvalue weighted by atomic mass is 16.5. The van der Waals surface area contributed by atoms with Gasteiger partial charge < -0.3 is 19.4 Å². The van der Waals surface area contributed by atoms with Gasteiger partial charge in [0.15, 0.2) is 0 Å². The molecule has 0 aliphatic carbocycles. The summed E-state index contributed by atoms with van der Waals surface area (Å²) >= 11 is 0. The van der Waals surface area contributed by atoms with E-state index in [1.54, 1.807) is 7.11 Å². The first-order chi connectivity index (χ1) is 18.0. The Labute approximate surface area is 219 Å². The zero-order valence-corrected chi connectivity index (χ0v) is 22.1. The lowest BCUT2D eigenvalue weighted by molar-refractivity contribution is -0.120. The smallest absolute Gasteiger partial charge is 0.224 e. The summed E-state index contributed by atoms with van der Waals surface area (Å²) in [5.41, 5.74) is 5.52. The minimum absolute atomic E-state index is 0.0301. The average molecular weight is 500 g/mol. The van der Waals surface area contributed by atoms with E-state index in [0.29, 0.717) is 19.6 Å². The third-order valence-electron chi connectivity index (χ3n) is 6.59. The highest BCUT2D eigenvalue weighted by molar-refractivity contribution is 5.78. The van der Waals surface area contributed by atoms with E-state index in [1.165, 1.54) is 11.1 Å². The number of fused-ring (bicyclic) bond motifs is 1. The van der Waals surface area contributed by atoms with E-state index in [-0.39, 0.29) is 5.91 Å². The number of aryl methyl sites for hydroxylation is 4. The Balaban J connectivity index is 1.26. The number of rotatable bonds is 13. The van der Waals surface area contributed by atoms with Crippen molar-refractivity contribution in [3.05, 3.63) is 89.2 Å². The van der Waals surface area contributed by atoms with Crippen LogP contribution in [-0.4, -0.2) is 35.7 Å². The summed E-state index contributed by atoms with van der Waals surface area (Å²) < 4.78 is 13.6. The topological polar surface area (TPSA) is 65.4 Å². The average Bonchev–Trinajstić information content (AvgIpc) is 3.25. The quantitative estimate of drug-likeness (QED) is 0.236. The number of carbonyl (C=O) groups excluding carboxylic acids is 1. The minimum atomic E-state index is 0.0301. The molecule has 0 spiro atoms. The van der Waals surface area contributed by atoms with Gasteiger partial charge >= 0.3 is 0 Å². The number of methoxy groups -OCH3 is 1. The molecule has 0 saturated carbocycles. The van der Waals surface area contributed by atoms with E-state index >= 15 is 0 Å². The summed E-state index contributed by atoms with van der Waals surface area (Å²) in [6.07, 6.45) is 4.01. The molecule has 1 aromatic heterocycles. The molecule has 6 nitrogen and oxygen atoms in total. The van der Waals surface area contributed by atoms with Crippen LogP contribution in [0.5, 0.6) is 11.5 Å². The number of hydrogen-bond donors (Lipinski definition) is 1. The molecule has 0 aliphatic heterocycles. The van der Waals surface area contributed by atoms with Gasteiger partial charge in [-0.15, -0.1) is 0 Å². The standard InChI is InChI=1S/C31H37N3O3/c1-23-10-8-11-24(2)31(23)37-21-7-6-20-34-28-13-5-4-12-27(28)33-29(34)14-9-19-32-30(35)22-25-15-17-26(36-3)18-16-25/h4-5,8,10-13,15-18H,6-7,9,14,19-22H2,1-3H3,(H,32,35).